The van der Waals surface area contributed by atoms with Crippen molar-refractivity contribution in [1.82, 2.24) is 10.6 Å². The molecule has 0 spiro atoms. The third-order valence-corrected chi connectivity index (χ3v) is 4.21. The van der Waals surface area contributed by atoms with Crippen LogP contribution in [0.15, 0.2) is 18.2 Å². The number of hydrogen-bond donors (Lipinski definition) is 2. The Hall–Kier alpha value is -1.57. The summed E-state index contributed by atoms with van der Waals surface area (Å²) >= 11 is 0. The summed E-state index contributed by atoms with van der Waals surface area (Å²) in [6.45, 7) is 1.08. The smallest absolute Gasteiger partial charge is 0.293 e. The van der Waals surface area contributed by atoms with Gasteiger partial charge in [0.15, 0.2) is 0 Å². The molecular formula is C16H22F2N2O3. The van der Waals surface area contributed by atoms with Gasteiger partial charge in [0.2, 0.25) is 0 Å². The Balaban J connectivity index is 2.12. The van der Waals surface area contributed by atoms with E-state index >= 15 is 0 Å². The molecule has 0 aromatic heterocycles. The molecule has 0 radical (unpaired) electrons. The van der Waals surface area contributed by atoms with Gasteiger partial charge < -0.3 is 20.1 Å². The van der Waals surface area contributed by atoms with Crippen molar-refractivity contribution in [2.45, 2.75) is 37.1 Å². The second-order valence-electron chi connectivity index (χ2n) is 5.68. The maximum Gasteiger partial charge on any atom is 0.293 e. The van der Waals surface area contributed by atoms with Gasteiger partial charge >= 0.3 is 0 Å². The first-order valence-electron chi connectivity index (χ1n) is 7.55. The highest BCUT2D eigenvalue weighted by Crippen LogP contribution is 2.20. The van der Waals surface area contributed by atoms with Crippen LogP contribution in [0.5, 0.6) is 0 Å². The lowest BCUT2D eigenvalue weighted by atomic mass is 9.95. The molecule has 1 fully saturated rings. The number of methoxy groups -OCH3 is 1. The summed E-state index contributed by atoms with van der Waals surface area (Å²) < 4.78 is 37.3. The summed E-state index contributed by atoms with van der Waals surface area (Å²) in [4.78, 5) is 10.9. The number of likely N-dealkylation sites (N-methyl/N-ethyl adjacent to an activating group) is 1. The van der Waals surface area contributed by atoms with Gasteiger partial charge in [-0.2, -0.15) is 0 Å². The highest BCUT2D eigenvalue weighted by Gasteiger charge is 2.36. The van der Waals surface area contributed by atoms with Crippen molar-refractivity contribution in [3.63, 3.8) is 0 Å². The van der Waals surface area contributed by atoms with E-state index < -0.39 is 17.7 Å². The van der Waals surface area contributed by atoms with Gasteiger partial charge in [-0.3, -0.25) is 4.79 Å². The summed E-state index contributed by atoms with van der Waals surface area (Å²) in [5.41, 5.74) is 0.502. The number of halogens is 2. The molecule has 0 saturated carbocycles. The van der Waals surface area contributed by atoms with E-state index in [1.165, 1.54) is 12.1 Å². The SMILES string of the molecule is CNC(Cc1cc(F)cc(F)c1)C(OC=O)C1CC(OC)CN1. The standard InChI is InChI=1S/C16H22F2N2O3/c1-19-14(5-10-3-11(17)6-12(18)4-10)16(23-9-21)15-7-13(22-2)8-20-15/h3-4,6,9,13-16,19-20H,5,7-8H2,1-2H3. The minimum Gasteiger partial charge on any atom is -0.461 e. The summed E-state index contributed by atoms with van der Waals surface area (Å²) in [5.74, 6) is -1.25. The Kier molecular flexibility index (Phi) is 6.44. The molecule has 1 aliphatic heterocycles. The predicted molar refractivity (Wildman–Crippen MR) is 81.1 cm³/mol. The van der Waals surface area contributed by atoms with Crippen molar-refractivity contribution in [2.75, 3.05) is 20.7 Å². The molecule has 7 heteroatoms. The van der Waals surface area contributed by atoms with Crippen LogP contribution in [0.4, 0.5) is 8.78 Å². The molecule has 128 valence electrons. The average molecular weight is 328 g/mol. The lowest BCUT2D eigenvalue weighted by Crippen LogP contribution is -2.51. The summed E-state index contributed by atoms with van der Waals surface area (Å²) in [5, 5.41) is 6.34. The van der Waals surface area contributed by atoms with Crippen molar-refractivity contribution in [1.29, 1.82) is 0 Å². The molecule has 5 nitrogen and oxygen atoms in total. The number of carbonyl (C=O) groups is 1. The van der Waals surface area contributed by atoms with Gasteiger partial charge in [0.05, 0.1) is 6.10 Å². The van der Waals surface area contributed by atoms with E-state index in [-0.39, 0.29) is 18.2 Å². The molecule has 4 atom stereocenters. The highest BCUT2D eigenvalue weighted by molar-refractivity contribution is 5.38. The van der Waals surface area contributed by atoms with Gasteiger partial charge in [-0.05, 0) is 37.6 Å². The molecular weight excluding hydrogens is 306 g/mol. The van der Waals surface area contributed by atoms with Crippen molar-refractivity contribution < 1.29 is 23.0 Å². The highest BCUT2D eigenvalue weighted by atomic mass is 19.1. The zero-order valence-corrected chi connectivity index (χ0v) is 13.2. The fraction of sp³-hybridized carbons (Fsp3) is 0.562. The van der Waals surface area contributed by atoms with Crippen LogP contribution in [0.25, 0.3) is 0 Å². The molecule has 0 bridgehead atoms. The van der Waals surface area contributed by atoms with Crippen LogP contribution in [0.1, 0.15) is 12.0 Å². The quantitative estimate of drug-likeness (QED) is 0.698. The molecule has 4 unspecified atom stereocenters. The lowest BCUT2D eigenvalue weighted by molar-refractivity contribution is -0.136. The van der Waals surface area contributed by atoms with Crippen molar-refractivity contribution >= 4 is 6.47 Å². The first kappa shape index (κ1) is 17.8. The van der Waals surface area contributed by atoms with Gasteiger partial charge in [-0.15, -0.1) is 0 Å². The van der Waals surface area contributed by atoms with Gasteiger partial charge in [-0.25, -0.2) is 8.78 Å². The first-order valence-corrected chi connectivity index (χ1v) is 7.55. The predicted octanol–water partition coefficient (Wildman–Crippen LogP) is 1.01. The Morgan fingerprint density at radius 1 is 1.39 bits per heavy atom. The molecule has 0 aliphatic carbocycles. The molecule has 0 amide bonds. The van der Waals surface area contributed by atoms with Crippen molar-refractivity contribution in [3.05, 3.63) is 35.4 Å². The van der Waals surface area contributed by atoms with Gasteiger partial charge in [0.1, 0.15) is 17.7 Å². The van der Waals surface area contributed by atoms with Crippen molar-refractivity contribution in [3.8, 4) is 0 Å². The third kappa shape index (κ3) is 4.70. The van der Waals surface area contributed by atoms with E-state index in [1.54, 1.807) is 14.2 Å². The van der Waals surface area contributed by atoms with E-state index in [0.29, 0.717) is 31.4 Å². The van der Waals surface area contributed by atoms with E-state index in [1.807, 2.05) is 0 Å². The minimum atomic E-state index is -0.624. The zero-order chi connectivity index (χ0) is 16.8. The fourth-order valence-corrected chi connectivity index (χ4v) is 3.06. The second-order valence-corrected chi connectivity index (χ2v) is 5.68. The summed E-state index contributed by atoms with van der Waals surface area (Å²) in [7, 11) is 3.36. The Morgan fingerprint density at radius 2 is 2.09 bits per heavy atom. The molecule has 1 aromatic carbocycles. The van der Waals surface area contributed by atoms with E-state index in [0.717, 1.165) is 6.07 Å². The van der Waals surface area contributed by atoms with Gasteiger partial charge in [0, 0.05) is 31.8 Å². The number of hydrogen-bond acceptors (Lipinski definition) is 5. The molecule has 2 rings (SSSR count). The maximum absolute atomic E-state index is 13.4. The van der Waals surface area contributed by atoms with E-state index in [4.69, 9.17) is 9.47 Å². The van der Waals surface area contributed by atoms with Crippen LogP contribution in [-0.4, -0.2) is 51.5 Å². The van der Waals surface area contributed by atoms with Gasteiger partial charge in [-0.1, -0.05) is 0 Å². The van der Waals surface area contributed by atoms with Crippen LogP contribution >= 0.6 is 0 Å². The summed E-state index contributed by atoms with van der Waals surface area (Å²) in [6, 6.07) is 3.03. The topological polar surface area (TPSA) is 59.6 Å². The number of benzene rings is 1. The van der Waals surface area contributed by atoms with Crippen LogP contribution in [0.2, 0.25) is 0 Å². The van der Waals surface area contributed by atoms with E-state index in [2.05, 4.69) is 10.6 Å². The third-order valence-electron chi connectivity index (χ3n) is 4.21. The molecule has 2 N–H and O–H groups in total. The lowest BCUT2D eigenvalue weighted by Gasteiger charge is -2.30. The normalized spacial score (nSPS) is 23.5. The maximum atomic E-state index is 13.4. The largest absolute Gasteiger partial charge is 0.461 e. The molecule has 1 heterocycles. The van der Waals surface area contributed by atoms with Crippen LogP contribution < -0.4 is 10.6 Å². The Bertz CT molecular complexity index is 510. The Labute approximate surface area is 134 Å². The molecule has 1 aliphatic rings. The van der Waals surface area contributed by atoms with Gasteiger partial charge in [0.25, 0.3) is 6.47 Å². The number of rotatable bonds is 8. The Morgan fingerprint density at radius 3 is 2.61 bits per heavy atom. The molecule has 1 saturated heterocycles. The number of ether oxygens (including phenoxy) is 2. The summed E-state index contributed by atoms with van der Waals surface area (Å²) in [6.07, 6.45) is 0.621. The average Bonchev–Trinajstić information content (AvgIpc) is 2.98. The van der Waals surface area contributed by atoms with E-state index in [9.17, 15) is 13.6 Å². The monoisotopic (exact) mass is 328 g/mol. The molecule has 23 heavy (non-hydrogen) atoms. The number of carbonyl (C=O) groups excluding carboxylic acids is 1. The number of nitrogens with one attached hydrogen (secondary N) is 2. The first-order chi connectivity index (χ1) is 11.1. The zero-order valence-electron chi connectivity index (χ0n) is 13.2. The van der Waals surface area contributed by atoms with Crippen molar-refractivity contribution in [2.24, 2.45) is 0 Å². The second kappa shape index (κ2) is 8.33. The van der Waals surface area contributed by atoms with Crippen LogP contribution in [-0.2, 0) is 20.7 Å². The molecule has 1 aromatic rings. The minimum absolute atomic E-state index is 0.0573. The fourth-order valence-electron chi connectivity index (χ4n) is 3.06. The van der Waals surface area contributed by atoms with Crippen LogP contribution in [0.3, 0.4) is 0 Å². The van der Waals surface area contributed by atoms with Crippen LogP contribution in [0, 0.1) is 11.6 Å².